The van der Waals surface area contributed by atoms with Crippen molar-refractivity contribution in [1.82, 2.24) is 14.7 Å². The minimum Gasteiger partial charge on any atom is -0.486 e. The number of rotatable bonds is 3. The number of fused-ring (bicyclic) bond motifs is 1. The van der Waals surface area contributed by atoms with Gasteiger partial charge in [0.1, 0.15) is 13.2 Å². The highest BCUT2D eigenvalue weighted by atomic mass is 16.6. The number of amides is 3. The second kappa shape index (κ2) is 9.02. The fourth-order valence-corrected chi connectivity index (χ4v) is 4.52. The van der Waals surface area contributed by atoms with Crippen LogP contribution >= 0.6 is 0 Å². The predicted molar refractivity (Wildman–Crippen MR) is 114 cm³/mol. The maximum Gasteiger partial charge on any atom is 0.319 e. The molecule has 164 valence electrons. The normalized spacial score (nSPS) is 21.9. The molecule has 3 aliphatic rings. The quantitative estimate of drug-likeness (QED) is 0.818. The van der Waals surface area contributed by atoms with E-state index in [9.17, 15) is 9.59 Å². The summed E-state index contributed by atoms with van der Waals surface area (Å²) in [5.41, 5.74) is 0.994. The van der Waals surface area contributed by atoms with Crippen molar-refractivity contribution in [2.45, 2.75) is 31.7 Å². The van der Waals surface area contributed by atoms with Crippen LogP contribution in [0.5, 0.6) is 11.5 Å². The van der Waals surface area contributed by atoms with Crippen molar-refractivity contribution in [2.75, 3.05) is 58.8 Å². The molecule has 3 aliphatic heterocycles. The molecule has 0 aliphatic carbocycles. The van der Waals surface area contributed by atoms with E-state index in [0.29, 0.717) is 32.8 Å². The molecule has 0 bridgehead atoms. The fraction of sp³-hybridized carbons (Fsp3) is 0.636. The summed E-state index contributed by atoms with van der Waals surface area (Å²) in [5.74, 6) is 1.81. The zero-order valence-electron chi connectivity index (χ0n) is 17.9. The van der Waals surface area contributed by atoms with Gasteiger partial charge in [0.25, 0.3) is 0 Å². The molecule has 3 heterocycles. The van der Waals surface area contributed by atoms with E-state index in [1.807, 2.05) is 28.0 Å². The number of piperidine rings is 2. The number of nitrogens with zero attached hydrogens (tertiary/aromatic N) is 3. The molecule has 3 amide bonds. The molecule has 1 N–H and O–H groups in total. The predicted octanol–water partition coefficient (Wildman–Crippen LogP) is 2.25. The van der Waals surface area contributed by atoms with Crippen LogP contribution in [-0.4, -0.2) is 86.2 Å². The van der Waals surface area contributed by atoms with Gasteiger partial charge in [-0.25, -0.2) is 4.79 Å². The molecule has 0 saturated carbocycles. The Labute approximate surface area is 178 Å². The number of nitrogens with one attached hydrogen (secondary N) is 1. The summed E-state index contributed by atoms with van der Waals surface area (Å²) >= 11 is 0. The molecule has 4 rings (SSSR count). The van der Waals surface area contributed by atoms with E-state index in [2.05, 4.69) is 5.32 Å². The average molecular weight is 417 g/mol. The van der Waals surface area contributed by atoms with Gasteiger partial charge in [0.15, 0.2) is 11.5 Å². The summed E-state index contributed by atoms with van der Waals surface area (Å²) in [7, 11) is 3.53. The van der Waals surface area contributed by atoms with Crippen LogP contribution in [-0.2, 0) is 4.79 Å². The summed E-state index contributed by atoms with van der Waals surface area (Å²) in [6, 6.07) is 6.17. The standard InChI is InChI=1S/C22H32N4O4/c1-24(2)22(28)25-10-7-16(8-11-25)21(27)26-9-3-4-18(15-26)23-17-5-6-19-20(14-17)30-13-12-29-19/h5-6,14,16,18,23H,3-4,7-13,15H2,1-2H3/t18-/m1/s1. The molecule has 2 saturated heterocycles. The minimum absolute atomic E-state index is 0.0178. The number of ether oxygens (including phenoxy) is 2. The van der Waals surface area contributed by atoms with Crippen LogP contribution < -0.4 is 14.8 Å². The number of likely N-dealkylation sites (tertiary alicyclic amines) is 2. The molecular formula is C22H32N4O4. The Bertz CT molecular complexity index is 776. The molecule has 0 spiro atoms. The summed E-state index contributed by atoms with van der Waals surface area (Å²) in [6.45, 7) is 3.99. The highest BCUT2D eigenvalue weighted by Gasteiger charge is 2.33. The summed E-state index contributed by atoms with van der Waals surface area (Å²) in [5, 5.41) is 3.57. The molecule has 8 nitrogen and oxygen atoms in total. The maximum absolute atomic E-state index is 13.1. The molecule has 0 unspecified atom stereocenters. The first-order valence-electron chi connectivity index (χ1n) is 10.9. The van der Waals surface area contributed by atoms with Crippen molar-refractivity contribution in [3.05, 3.63) is 18.2 Å². The van der Waals surface area contributed by atoms with Gasteiger partial charge in [-0.05, 0) is 37.8 Å². The number of urea groups is 1. The van der Waals surface area contributed by atoms with Crippen molar-refractivity contribution in [2.24, 2.45) is 5.92 Å². The minimum atomic E-state index is 0.0178. The topological polar surface area (TPSA) is 74.4 Å². The Balaban J connectivity index is 1.31. The SMILES string of the molecule is CN(C)C(=O)N1CCC(C(=O)N2CCC[C@@H](Nc3ccc4c(c3)OCCO4)C2)CC1. The molecule has 0 radical (unpaired) electrons. The molecule has 8 heteroatoms. The molecule has 1 aromatic rings. The van der Waals surface area contributed by atoms with Crippen LogP contribution in [0.1, 0.15) is 25.7 Å². The van der Waals surface area contributed by atoms with Gasteiger partial charge in [-0.1, -0.05) is 0 Å². The Hall–Kier alpha value is -2.64. The summed E-state index contributed by atoms with van der Waals surface area (Å²) < 4.78 is 11.3. The van der Waals surface area contributed by atoms with Crippen molar-refractivity contribution in [3.8, 4) is 11.5 Å². The van der Waals surface area contributed by atoms with Crippen LogP contribution in [0.4, 0.5) is 10.5 Å². The Morgan fingerprint density at radius 1 is 1.00 bits per heavy atom. The smallest absolute Gasteiger partial charge is 0.319 e. The van der Waals surface area contributed by atoms with E-state index in [-0.39, 0.29) is 23.9 Å². The van der Waals surface area contributed by atoms with Crippen molar-refractivity contribution < 1.29 is 19.1 Å². The van der Waals surface area contributed by atoms with Crippen molar-refractivity contribution in [3.63, 3.8) is 0 Å². The van der Waals surface area contributed by atoms with E-state index >= 15 is 0 Å². The largest absolute Gasteiger partial charge is 0.486 e. The first-order valence-corrected chi connectivity index (χ1v) is 10.9. The van der Waals surface area contributed by atoms with Crippen LogP contribution in [0.3, 0.4) is 0 Å². The zero-order valence-corrected chi connectivity index (χ0v) is 17.9. The van der Waals surface area contributed by atoms with Gasteiger partial charge in [0.2, 0.25) is 5.91 Å². The number of anilines is 1. The third kappa shape index (κ3) is 4.57. The number of hydrogen-bond donors (Lipinski definition) is 1. The lowest BCUT2D eigenvalue weighted by Gasteiger charge is -2.38. The van der Waals surface area contributed by atoms with Crippen LogP contribution in [0.15, 0.2) is 18.2 Å². The first kappa shape index (κ1) is 20.6. The van der Waals surface area contributed by atoms with E-state index < -0.39 is 0 Å². The molecule has 2 fully saturated rings. The number of carbonyl (C=O) groups excluding carboxylic acids is 2. The Morgan fingerprint density at radius 2 is 1.73 bits per heavy atom. The monoisotopic (exact) mass is 416 g/mol. The zero-order chi connectivity index (χ0) is 21.1. The van der Waals surface area contributed by atoms with Crippen molar-refractivity contribution in [1.29, 1.82) is 0 Å². The lowest BCUT2D eigenvalue weighted by Crippen LogP contribution is -2.50. The molecule has 30 heavy (non-hydrogen) atoms. The number of hydrogen-bond acceptors (Lipinski definition) is 5. The van der Waals surface area contributed by atoms with E-state index in [4.69, 9.17) is 9.47 Å². The third-order valence-corrected chi connectivity index (χ3v) is 6.14. The van der Waals surface area contributed by atoms with Gasteiger partial charge in [0.05, 0.1) is 0 Å². The second-order valence-electron chi connectivity index (χ2n) is 8.56. The fourth-order valence-electron chi connectivity index (χ4n) is 4.52. The molecule has 1 aromatic carbocycles. The van der Waals surface area contributed by atoms with Crippen LogP contribution in [0.25, 0.3) is 0 Å². The van der Waals surface area contributed by atoms with Crippen LogP contribution in [0.2, 0.25) is 0 Å². The molecule has 1 atom stereocenters. The van der Waals surface area contributed by atoms with E-state index in [1.54, 1.807) is 19.0 Å². The third-order valence-electron chi connectivity index (χ3n) is 6.14. The van der Waals surface area contributed by atoms with Gasteiger partial charge in [0, 0.05) is 64.0 Å². The summed E-state index contributed by atoms with van der Waals surface area (Å²) in [4.78, 5) is 30.7. The van der Waals surface area contributed by atoms with Gasteiger partial charge in [-0.2, -0.15) is 0 Å². The van der Waals surface area contributed by atoms with E-state index in [0.717, 1.165) is 49.4 Å². The van der Waals surface area contributed by atoms with Crippen LogP contribution in [0, 0.1) is 5.92 Å². The Kier molecular flexibility index (Phi) is 6.20. The first-order chi connectivity index (χ1) is 14.5. The lowest BCUT2D eigenvalue weighted by atomic mass is 9.94. The highest BCUT2D eigenvalue weighted by Crippen LogP contribution is 2.33. The Morgan fingerprint density at radius 3 is 2.47 bits per heavy atom. The molecular weight excluding hydrogens is 384 g/mol. The maximum atomic E-state index is 13.1. The van der Waals surface area contributed by atoms with Gasteiger partial charge >= 0.3 is 6.03 Å². The number of benzene rings is 1. The molecule has 0 aromatic heterocycles. The second-order valence-corrected chi connectivity index (χ2v) is 8.56. The highest BCUT2D eigenvalue weighted by molar-refractivity contribution is 5.80. The average Bonchev–Trinajstić information content (AvgIpc) is 2.78. The summed E-state index contributed by atoms with van der Waals surface area (Å²) in [6.07, 6.45) is 3.52. The lowest BCUT2D eigenvalue weighted by molar-refractivity contribution is -0.138. The number of carbonyl (C=O) groups is 2. The van der Waals surface area contributed by atoms with Crippen molar-refractivity contribution >= 4 is 17.6 Å². The van der Waals surface area contributed by atoms with E-state index in [1.165, 1.54) is 0 Å². The van der Waals surface area contributed by atoms with Gasteiger partial charge in [-0.15, -0.1) is 0 Å². The van der Waals surface area contributed by atoms with Gasteiger partial charge in [-0.3, -0.25) is 4.79 Å². The van der Waals surface area contributed by atoms with Gasteiger partial charge < -0.3 is 29.5 Å².